The van der Waals surface area contributed by atoms with Gasteiger partial charge >= 0.3 is 5.69 Å². The Balaban J connectivity index is 2.00. The molecule has 0 aliphatic carbocycles. The molecule has 0 saturated carbocycles. The Labute approximate surface area is 156 Å². The summed E-state index contributed by atoms with van der Waals surface area (Å²) in [7, 11) is 0. The smallest absolute Gasteiger partial charge is 0.306 e. The number of rotatable bonds is 4. The summed E-state index contributed by atoms with van der Waals surface area (Å²) in [6.07, 6.45) is 0. The molecule has 0 radical (unpaired) electrons. The van der Waals surface area contributed by atoms with Crippen LogP contribution in [0.5, 0.6) is 0 Å². The molecule has 0 bridgehead atoms. The molecular formula is C18H12F2N4O4. The molecule has 0 unspecified atom stereocenters. The molecule has 1 amide bonds. The van der Waals surface area contributed by atoms with Crippen molar-refractivity contribution in [1.29, 1.82) is 0 Å². The van der Waals surface area contributed by atoms with Crippen molar-refractivity contribution in [2.24, 2.45) is 0 Å². The molecule has 8 nitrogen and oxygen atoms in total. The minimum Gasteiger partial charge on any atom is -0.320 e. The fourth-order valence-corrected chi connectivity index (χ4v) is 2.49. The van der Waals surface area contributed by atoms with Crippen LogP contribution in [-0.4, -0.2) is 20.6 Å². The second-order valence-corrected chi connectivity index (χ2v) is 5.74. The van der Waals surface area contributed by atoms with Crippen molar-refractivity contribution < 1.29 is 18.5 Å². The van der Waals surface area contributed by atoms with Gasteiger partial charge in [0.1, 0.15) is 11.5 Å². The van der Waals surface area contributed by atoms with E-state index in [1.54, 1.807) is 6.07 Å². The molecule has 1 aromatic heterocycles. The molecular weight excluding hydrogens is 374 g/mol. The van der Waals surface area contributed by atoms with Crippen molar-refractivity contribution in [3.63, 3.8) is 0 Å². The van der Waals surface area contributed by atoms with Crippen LogP contribution in [0.15, 0.2) is 53.3 Å². The first-order valence-electron chi connectivity index (χ1n) is 7.89. The van der Waals surface area contributed by atoms with Crippen molar-refractivity contribution in [2.75, 3.05) is 5.32 Å². The molecule has 10 heteroatoms. The molecule has 3 rings (SSSR count). The highest BCUT2D eigenvalue weighted by atomic mass is 19.1. The Hall–Kier alpha value is -3.95. The monoisotopic (exact) mass is 386 g/mol. The van der Waals surface area contributed by atoms with E-state index in [9.17, 15) is 28.5 Å². The average Bonchev–Trinajstić information content (AvgIpc) is 2.64. The van der Waals surface area contributed by atoms with Crippen LogP contribution in [0.4, 0.5) is 20.2 Å². The van der Waals surface area contributed by atoms with Crippen molar-refractivity contribution in [3.8, 4) is 5.69 Å². The van der Waals surface area contributed by atoms with Crippen LogP contribution in [0, 0.1) is 28.7 Å². The van der Waals surface area contributed by atoms with Crippen molar-refractivity contribution >= 4 is 17.3 Å². The van der Waals surface area contributed by atoms with Crippen molar-refractivity contribution in [1.82, 2.24) is 9.78 Å². The molecule has 3 aromatic rings. The quantitative estimate of drug-likeness (QED) is 0.548. The summed E-state index contributed by atoms with van der Waals surface area (Å²) in [6.45, 7) is 1.52. The maximum absolute atomic E-state index is 14.1. The van der Waals surface area contributed by atoms with Gasteiger partial charge in [0.05, 0.1) is 4.92 Å². The van der Waals surface area contributed by atoms with Crippen LogP contribution in [0.1, 0.15) is 16.2 Å². The van der Waals surface area contributed by atoms with Gasteiger partial charge in [-0.2, -0.15) is 9.49 Å². The normalized spacial score (nSPS) is 10.5. The number of benzene rings is 2. The SMILES string of the molecule is Cc1cc(=O)c(C(=O)Nc2ccc(F)c([N+](=O)[O-])c2)nn1-c1ccccc1F. The number of carbonyl (C=O) groups excluding carboxylic acids is 1. The van der Waals surface area contributed by atoms with Gasteiger partial charge in [0.2, 0.25) is 11.2 Å². The number of halogens is 2. The number of aryl methyl sites for hydroxylation is 1. The molecule has 0 aliphatic heterocycles. The third-order valence-corrected chi connectivity index (χ3v) is 3.80. The number of anilines is 1. The van der Waals surface area contributed by atoms with Crippen LogP contribution >= 0.6 is 0 Å². The molecule has 0 fully saturated rings. The Bertz CT molecular complexity index is 1160. The lowest BCUT2D eigenvalue weighted by Gasteiger charge is -2.12. The zero-order chi connectivity index (χ0) is 20.4. The van der Waals surface area contributed by atoms with E-state index >= 15 is 0 Å². The third kappa shape index (κ3) is 3.61. The fourth-order valence-electron chi connectivity index (χ4n) is 2.49. The van der Waals surface area contributed by atoms with Gasteiger partial charge in [0.25, 0.3) is 5.91 Å². The number of aromatic nitrogens is 2. The third-order valence-electron chi connectivity index (χ3n) is 3.80. The van der Waals surface area contributed by atoms with Gasteiger partial charge in [0, 0.05) is 23.5 Å². The number of hydrogen-bond donors (Lipinski definition) is 1. The van der Waals surface area contributed by atoms with Crippen molar-refractivity contribution in [2.45, 2.75) is 6.92 Å². The van der Waals surface area contributed by atoms with E-state index in [1.807, 2.05) is 0 Å². The lowest BCUT2D eigenvalue weighted by molar-refractivity contribution is -0.387. The summed E-state index contributed by atoms with van der Waals surface area (Å²) in [5.74, 6) is -2.66. The standard InChI is InChI=1S/C18H12F2N4O4/c1-10-8-16(25)17(22-23(10)14-5-3-2-4-12(14)19)18(26)21-11-6-7-13(20)15(9-11)24(27)28/h2-9H,1H3,(H,21,26). The number of nitro groups is 1. The first kappa shape index (κ1) is 18.8. The van der Waals surface area contributed by atoms with Crippen LogP contribution in [-0.2, 0) is 0 Å². The van der Waals surface area contributed by atoms with Gasteiger partial charge in [0.15, 0.2) is 5.69 Å². The maximum Gasteiger partial charge on any atom is 0.306 e. The highest BCUT2D eigenvalue weighted by Crippen LogP contribution is 2.22. The average molecular weight is 386 g/mol. The predicted molar refractivity (Wildman–Crippen MR) is 95.5 cm³/mol. The molecule has 142 valence electrons. The predicted octanol–water partition coefficient (Wildman–Crippen LogP) is 2.98. The summed E-state index contributed by atoms with van der Waals surface area (Å²) in [5, 5.41) is 17.0. The number of amides is 1. The maximum atomic E-state index is 14.1. The summed E-state index contributed by atoms with van der Waals surface area (Å²) in [5.41, 5.74) is -1.88. The molecule has 28 heavy (non-hydrogen) atoms. The Morgan fingerprint density at radius 2 is 1.86 bits per heavy atom. The first-order valence-corrected chi connectivity index (χ1v) is 7.89. The molecule has 1 heterocycles. The van der Waals surface area contributed by atoms with Crippen LogP contribution < -0.4 is 10.7 Å². The highest BCUT2D eigenvalue weighted by molar-refractivity contribution is 6.02. The van der Waals surface area contributed by atoms with Gasteiger partial charge in [-0.25, -0.2) is 9.07 Å². The lowest BCUT2D eigenvalue weighted by Crippen LogP contribution is -2.27. The lowest BCUT2D eigenvalue weighted by atomic mass is 10.2. The number of hydrogen-bond acceptors (Lipinski definition) is 5. The van der Waals surface area contributed by atoms with E-state index in [2.05, 4.69) is 10.4 Å². The van der Waals surface area contributed by atoms with Crippen LogP contribution in [0.3, 0.4) is 0 Å². The summed E-state index contributed by atoms with van der Waals surface area (Å²) >= 11 is 0. The largest absolute Gasteiger partial charge is 0.320 e. The Morgan fingerprint density at radius 1 is 1.14 bits per heavy atom. The zero-order valence-corrected chi connectivity index (χ0v) is 14.3. The molecule has 1 N–H and O–H groups in total. The van der Waals surface area contributed by atoms with Gasteiger partial charge in [-0.05, 0) is 31.2 Å². The number of nitrogens with one attached hydrogen (secondary N) is 1. The number of carbonyl (C=O) groups is 1. The minimum atomic E-state index is -1.07. The van der Waals surface area contributed by atoms with Crippen LogP contribution in [0.2, 0.25) is 0 Å². The second-order valence-electron chi connectivity index (χ2n) is 5.74. The summed E-state index contributed by atoms with van der Waals surface area (Å²) in [4.78, 5) is 34.5. The molecule has 0 aliphatic rings. The number of nitrogens with zero attached hydrogens (tertiary/aromatic N) is 3. The molecule has 0 atom stereocenters. The van der Waals surface area contributed by atoms with Gasteiger partial charge in [-0.1, -0.05) is 12.1 Å². The minimum absolute atomic E-state index is 0.0338. The fraction of sp³-hybridized carbons (Fsp3) is 0.0556. The molecule has 2 aromatic carbocycles. The topological polar surface area (TPSA) is 107 Å². The molecule has 0 saturated heterocycles. The van der Waals surface area contributed by atoms with E-state index in [0.29, 0.717) is 5.69 Å². The van der Waals surface area contributed by atoms with Gasteiger partial charge < -0.3 is 5.32 Å². The van der Waals surface area contributed by atoms with E-state index in [1.165, 1.54) is 25.1 Å². The van der Waals surface area contributed by atoms with Crippen molar-refractivity contribution in [3.05, 3.63) is 91.9 Å². The number of nitro benzene ring substituents is 1. The van der Waals surface area contributed by atoms with Crippen LogP contribution in [0.25, 0.3) is 5.69 Å². The Kier molecular flexibility index (Phi) is 4.94. The first-order chi connectivity index (χ1) is 13.3. The molecule has 0 spiro atoms. The van der Waals surface area contributed by atoms with E-state index in [-0.39, 0.29) is 11.4 Å². The van der Waals surface area contributed by atoms with E-state index in [0.717, 1.165) is 28.9 Å². The zero-order valence-electron chi connectivity index (χ0n) is 14.3. The van der Waals surface area contributed by atoms with Gasteiger partial charge in [-0.15, -0.1) is 0 Å². The second kappa shape index (κ2) is 7.35. The number of para-hydroxylation sites is 1. The van der Waals surface area contributed by atoms with Gasteiger partial charge in [-0.3, -0.25) is 19.7 Å². The summed E-state index contributed by atoms with van der Waals surface area (Å²) < 4.78 is 28.6. The Morgan fingerprint density at radius 3 is 2.54 bits per heavy atom. The van der Waals surface area contributed by atoms with E-state index < -0.39 is 39.3 Å². The highest BCUT2D eigenvalue weighted by Gasteiger charge is 2.19. The summed E-state index contributed by atoms with van der Waals surface area (Å²) in [6, 6.07) is 9.51. The van der Waals surface area contributed by atoms with E-state index in [4.69, 9.17) is 0 Å².